The minimum Gasteiger partial charge on any atom is -0.312 e. The summed E-state index contributed by atoms with van der Waals surface area (Å²) in [4.78, 5) is 0. The molecule has 1 N–H and O–H groups in total. The Balaban J connectivity index is 1.74. The Labute approximate surface area is 82.3 Å². The summed E-state index contributed by atoms with van der Waals surface area (Å²) in [6.07, 6.45) is 7.53. The molecule has 0 bridgehead atoms. The van der Waals surface area contributed by atoms with Crippen LogP contribution in [0.5, 0.6) is 0 Å². The van der Waals surface area contributed by atoms with Gasteiger partial charge >= 0.3 is 0 Å². The third-order valence-electron chi connectivity index (χ3n) is 3.84. The van der Waals surface area contributed by atoms with Crippen molar-refractivity contribution in [1.29, 1.82) is 0 Å². The molecule has 0 amide bonds. The standard InChI is InChI=1S/C12H23N/c1-11(2,3)13-9-10-8-12(10)6-4-5-7-12/h10,13H,4-9H2,1-3H3. The van der Waals surface area contributed by atoms with E-state index < -0.39 is 0 Å². The predicted octanol–water partition coefficient (Wildman–Crippen LogP) is 2.95. The zero-order valence-electron chi connectivity index (χ0n) is 9.32. The molecule has 1 nitrogen and oxygen atoms in total. The fraction of sp³-hybridized carbons (Fsp3) is 1.00. The van der Waals surface area contributed by atoms with E-state index in [4.69, 9.17) is 0 Å². The van der Waals surface area contributed by atoms with Crippen LogP contribution in [0.15, 0.2) is 0 Å². The molecule has 0 aliphatic heterocycles. The molecule has 0 aromatic rings. The van der Waals surface area contributed by atoms with E-state index in [0.717, 1.165) is 11.3 Å². The molecule has 13 heavy (non-hydrogen) atoms. The smallest absolute Gasteiger partial charge is 0.00966 e. The SMILES string of the molecule is CC(C)(C)NCC1CC12CCCC2. The fourth-order valence-corrected chi connectivity index (χ4v) is 2.84. The second kappa shape index (κ2) is 2.98. The van der Waals surface area contributed by atoms with Gasteiger partial charge in [-0.15, -0.1) is 0 Å². The first-order valence-electron chi connectivity index (χ1n) is 5.77. The second-order valence-electron chi connectivity index (χ2n) is 6.10. The van der Waals surface area contributed by atoms with Crippen LogP contribution in [0.1, 0.15) is 52.9 Å². The summed E-state index contributed by atoms with van der Waals surface area (Å²) in [6, 6.07) is 0. The highest BCUT2D eigenvalue weighted by Crippen LogP contribution is 2.62. The van der Waals surface area contributed by atoms with Gasteiger partial charge in [-0.05, 0) is 57.9 Å². The molecule has 0 aromatic carbocycles. The van der Waals surface area contributed by atoms with Gasteiger partial charge in [-0.25, -0.2) is 0 Å². The maximum Gasteiger partial charge on any atom is 0.00966 e. The molecule has 0 saturated heterocycles. The van der Waals surface area contributed by atoms with Gasteiger partial charge in [-0.2, -0.15) is 0 Å². The minimum atomic E-state index is 0.308. The maximum atomic E-state index is 3.63. The van der Waals surface area contributed by atoms with Crippen molar-refractivity contribution in [3.63, 3.8) is 0 Å². The molecule has 0 aromatic heterocycles. The Morgan fingerprint density at radius 1 is 1.23 bits per heavy atom. The lowest BCUT2D eigenvalue weighted by Gasteiger charge is -2.21. The third-order valence-corrected chi connectivity index (χ3v) is 3.84. The Morgan fingerprint density at radius 2 is 1.85 bits per heavy atom. The van der Waals surface area contributed by atoms with E-state index in [2.05, 4.69) is 26.1 Å². The van der Waals surface area contributed by atoms with Gasteiger partial charge in [0.25, 0.3) is 0 Å². The van der Waals surface area contributed by atoms with E-state index in [0.29, 0.717) is 5.54 Å². The lowest BCUT2D eigenvalue weighted by atomic mass is 10.0. The van der Waals surface area contributed by atoms with Gasteiger partial charge in [0, 0.05) is 5.54 Å². The average molecular weight is 181 g/mol. The topological polar surface area (TPSA) is 12.0 Å². The number of hydrogen-bond acceptors (Lipinski definition) is 1. The van der Waals surface area contributed by atoms with Crippen LogP contribution in [0.4, 0.5) is 0 Å². The Bertz CT molecular complexity index is 184. The van der Waals surface area contributed by atoms with Crippen molar-refractivity contribution in [3.05, 3.63) is 0 Å². The molecule has 0 heterocycles. The van der Waals surface area contributed by atoms with Crippen molar-refractivity contribution in [1.82, 2.24) is 5.32 Å². The normalized spacial score (nSPS) is 31.2. The quantitative estimate of drug-likeness (QED) is 0.690. The van der Waals surface area contributed by atoms with Crippen LogP contribution in [0.25, 0.3) is 0 Å². The molecule has 0 radical (unpaired) electrons. The first-order valence-corrected chi connectivity index (χ1v) is 5.77. The summed E-state index contributed by atoms with van der Waals surface area (Å²) >= 11 is 0. The van der Waals surface area contributed by atoms with Crippen molar-refractivity contribution in [2.24, 2.45) is 11.3 Å². The predicted molar refractivity (Wildman–Crippen MR) is 56.8 cm³/mol. The molecular formula is C12H23N. The number of nitrogens with one attached hydrogen (secondary N) is 1. The van der Waals surface area contributed by atoms with E-state index in [1.165, 1.54) is 38.6 Å². The summed E-state index contributed by atoms with van der Waals surface area (Å²) in [7, 11) is 0. The molecular weight excluding hydrogens is 158 g/mol. The van der Waals surface area contributed by atoms with E-state index in [1.807, 2.05) is 0 Å². The van der Waals surface area contributed by atoms with Crippen LogP contribution < -0.4 is 5.32 Å². The van der Waals surface area contributed by atoms with Crippen molar-refractivity contribution < 1.29 is 0 Å². The maximum absolute atomic E-state index is 3.63. The first-order chi connectivity index (χ1) is 6.02. The Kier molecular flexibility index (Phi) is 2.18. The van der Waals surface area contributed by atoms with Gasteiger partial charge in [0.2, 0.25) is 0 Å². The van der Waals surface area contributed by atoms with Crippen LogP contribution in [-0.2, 0) is 0 Å². The summed E-state index contributed by atoms with van der Waals surface area (Å²) < 4.78 is 0. The van der Waals surface area contributed by atoms with Crippen molar-refractivity contribution in [3.8, 4) is 0 Å². The number of rotatable bonds is 2. The third kappa shape index (κ3) is 2.07. The zero-order chi connectivity index (χ0) is 9.53. The van der Waals surface area contributed by atoms with Crippen LogP contribution >= 0.6 is 0 Å². The fourth-order valence-electron chi connectivity index (χ4n) is 2.84. The molecule has 1 heteroatoms. The Morgan fingerprint density at radius 3 is 2.38 bits per heavy atom. The lowest BCUT2D eigenvalue weighted by Crippen LogP contribution is -2.37. The molecule has 76 valence electrons. The number of hydrogen-bond donors (Lipinski definition) is 1. The lowest BCUT2D eigenvalue weighted by molar-refractivity contribution is 0.380. The van der Waals surface area contributed by atoms with Crippen molar-refractivity contribution >= 4 is 0 Å². The summed E-state index contributed by atoms with van der Waals surface area (Å²) in [5.74, 6) is 1.01. The van der Waals surface area contributed by atoms with Gasteiger partial charge in [0.05, 0.1) is 0 Å². The molecule has 2 aliphatic rings. The highest BCUT2D eigenvalue weighted by Gasteiger charge is 2.54. The zero-order valence-corrected chi connectivity index (χ0v) is 9.32. The molecule has 2 fully saturated rings. The van der Waals surface area contributed by atoms with E-state index in [-0.39, 0.29) is 0 Å². The summed E-state index contributed by atoms with van der Waals surface area (Å²) in [5.41, 5.74) is 1.13. The molecule has 1 atom stereocenters. The summed E-state index contributed by atoms with van der Waals surface area (Å²) in [6.45, 7) is 8.04. The van der Waals surface area contributed by atoms with Crippen LogP contribution in [-0.4, -0.2) is 12.1 Å². The van der Waals surface area contributed by atoms with Gasteiger partial charge in [0.15, 0.2) is 0 Å². The van der Waals surface area contributed by atoms with Gasteiger partial charge in [0.1, 0.15) is 0 Å². The van der Waals surface area contributed by atoms with Crippen LogP contribution in [0, 0.1) is 11.3 Å². The van der Waals surface area contributed by atoms with E-state index in [1.54, 1.807) is 0 Å². The Hall–Kier alpha value is -0.0400. The van der Waals surface area contributed by atoms with E-state index in [9.17, 15) is 0 Å². The highest BCUT2D eigenvalue weighted by atomic mass is 15.0. The average Bonchev–Trinajstić information content (AvgIpc) is 2.42. The minimum absolute atomic E-state index is 0.308. The van der Waals surface area contributed by atoms with Gasteiger partial charge in [-0.1, -0.05) is 12.8 Å². The van der Waals surface area contributed by atoms with Crippen LogP contribution in [0.2, 0.25) is 0 Å². The monoisotopic (exact) mass is 181 g/mol. The summed E-state index contributed by atoms with van der Waals surface area (Å²) in [5, 5.41) is 3.63. The van der Waals surface area contributed by atoms with Gasteiger partial charge in [-0.3, -0.25) is 0 Å². The molecule has 2 rings (SSSR count). The van der Waals surface area contributed by atoms with Crippen molar-refractivity contribution in [2.75, 3.05) is 6.54 Å². The molecule has 1 unspecified atom stereocenters. The highest BCUT2D eigenvalue weighted by molar-refractivity contribution is 5.05. The first kappa shape index (κ1) is 9.51. The van der Waals surface area contributed by atoms with Crippen molar-refractivity contribution in [2.45, 2.75) is 58.4 Å². The second-order valence-corrected chi connectivity index (χ2v) is 6.10. The molecule has 2 saturated carbocycles. The molecule has 2 aliphatic carbocycles. The van der Waals surface area contributed by atoms with Crippen LogP contribution in [0.3, 0.4) is 0 Å². The molecule has 1 spiro atoms. The van der Waals surface area contributed by atoms with E-state index >= 15 is 0 Å². The van der Waals surface area contributed by atoms with Gasteiger partial charge < -0.3 is 5.32 Å². The largest absolute Gasteiger partial charge is 0.312 e.